The fourth-order valence-electron chi connectivity index (χ4n) is 0.962. The minimum Gasteiger partial charge on any atom is -0.258 e. The highest BCUT2D eigenvalue weighted by molar-refractivity contribution is 7.80. The van der Waals surface area contributed by atoms with E-state index in [0.29, 0.717) is 11.3 Å². The van der Waals surface area contributed by atoms with Gasteiger partial charge in [-0.15, -0.1) is 0 Å². The Morgan fingerprint density at radius 1 is 1.57 bits per heavy atom. The Morgan fingerprint density at radius 3 is 2.86 bits per heavy atom. The molecule has 1 aromatic rings. The second-order valence-corrected chi connectivity index (χ2v) is 2.92. The molecule has 0 unspecified atom stereocenters. The van der Waals surface area contributed by atoms with Gasteiger partial charge in [0.15, 0.2) is 0 Å². The van der Waals surface area contributed by atoms with Crippen LogP contribution >= 0.6 is 12.6 Å². The van der Waals surface area contributed by atoms with Crippen LogP contribution in [0.3, 0.4) is 0 Å². The molecule has 0 fully saturated rings. The number of rotatable bonds is 3. The first-order chi connectivity index (χ1) is 6.65. The molecule has 0 atom stereocenters. The van der Waals surface area contributed by atoms with Crippen LogP contribution in [0.5, 0.6) is 0 Å². The Bertz CT molecular complexity index is 379. The smallest absolute Gasteiger partial charge is 0.258 e. The van der Waals surface area contributed by atoms with Crippen molar-refractivity contribution in [2.24, 2.45) is 0 Å². The van der Waals surface area contributed by atoms with E-state index in [1.807, 2.05) is 0 Å². The van der Waals surface area contributed by atoms with E-state index >= 15 is 0 Å². The summed E-state index contributed by atoms with van der Waals surface area (Å²) in [6.07, 6.45) is 3.37. The third-order valence-electron chi connectivity index (χ3n) is 1.58. The largest absolute Gasteiger partial charge is 0.305 e. The molecule has 0 aliphatic carbocycles. The van der Waals surface area contributed by atoms with Crippen LogP contribution in [0.25, 0.3) is 6.08 Å². The van der Waals surface area contributed by atoms with E-state index in [1.165, 1.54) is 12.1 Å². The number of benzene rings is 1. The summed E-state index contributed by atoms with van der Waals surface area (Å²) in [5, 5.41) is 10.4. The molecule has 3 nitrogen and oxygen atoms in total. The number of hydrogen-bond acceptors (Lipinski definition) is 3. The van der Waals surface area contributed by atoms with Gasteiger partial charge < -0.3 is 0 Å². The minimum absolute atomic E-state index is 0.508. The monoisotopic (exact) mass is 213 g/mol. The molecule has 0 aliphatic heterocycles. The normalized spacial score (nSPS) is 10.7. The topological polar surface area (TPSA) is 43.1 Å². The lowest BCUT2D eigenvalue weighted by Crippen LogP contribution is -1.92. The van der Waals surface area contributed by atoms with Gasteiger partial charge in [0.1, 0.15) is 0 Å². The molecule has 5 heteroatoms. The summed E-state index contributed by atoms with van der Waals surface area (Å²) in [7, 11) is 0. The summed E-state index contributed by atoms with van der Waals surface area (Å²) in [5.41, 5.74) is 0.0819. The van der Waals surface area contributed by atoms with Crippen LogP contribution in [-0.4, -0.2) is 10.7 Å². The number of hydrogen-bond donors (Lipinski definition) is 1. The Hall–Kier alpha value is -1.36. The quantitative estimate of drug-likeness (QED) is 0.476. The van der Waals surface area contributed by atoms with Gasteiger partial charge in [0.25, 0.3) is 0 Å². The van der Waals surface area contributed by atoms with Crippen molar-refractivity contribution in [3.8, 4) is 0 Å². The molecule has 14 heavy (non-hydrogen) atoms. The molecule has 0 aromatic heterocycles. The molecule has 0 saturated heterocycles. The predicted octanol–water partition coefficient (Wildman–Crippen LogP) is 2.68. The van der Waals surface area contributed by atoms with E-state index in [2.05, 4.69) is 12.6 Å². The average molecular weight is 213 g/mol. The van der Waals surface area contributed by atoms with E-state index in [-0.39, 0.29) is 0 Å². The summed E-state index contributed by atoms with van der Waals surface area (Å²) in [4.78, 5) is 9.63. The lowest BCUT2D eigenvalue weighted by atomic mass is 10.2. The number of nitro groups is 1. The van der Waals surface area contributed by atoms with Gasteiger partial charge in [-0.05, 0) is 11.6 Å². The maximum absolute atomic E-state index is 12.9. The van der Waals surface area contributed by atoms with Gasteiger partial charge in [-0.3, -0.25) is 10.1 Å². The predicted molar refractivity (Wildman–Crippen MR) is 55.9 cm³/mol. The van der Waals surface area contributed by atoms with E-state index < -0.39 is 16.4 Å². The second-order valence-electron chi connectivity index (χ2n) is 2.55. The molecule has 0 radical (unpaired) electrons. The molecule has 1 aromatic carbocycles. The van der Waals surface area contributed by atoms with E-state index in [4.69, 9.17) is 0 Å². The van der Waals surface area contributed by atoms with Gasteiger partial charge in [0, 0.05) is 11.8 Å². The molecule has 0 N–H and O–H groups in total. The molecule has 0 saturated carbocycles. The molecular formula is C9H8FNO2S. The standard InChI is InChI=1S/C9H8FNO2S/c10-8-4-3-7(2-1-5-14)6-9(8)11(12)13/h1-4,6,14H,5H2. The fourth-order valence-corrected chi connectivity index (χ4v) is 1.07. The zero-order valence-electron chi connectivity index (χ0n) is 7.18. The van der Waals surface area contributed by atoms with Crippen molar-refractivity contribution in [3.63, 3.8) is 0 Å². The molecule has 0 aliphatic rings. The summed E-state index contributed by atoms with van der Waals surface area (Å²) in [6, 6.07) is 3.74. The highest BCUT2D eigenvalue weighted by atomic mass is 32.1. The SMILES string of the molecule is O=[N+]([O-])c1cc(C=CCS)ccc1F. The van der Waals surface area contributed by atoms with Crippen LogP contribution in [0.2, 0.25) is 0 Å². The van der Waals surface area contributed by atoms with E-state index in [9.17, 15) is 14.5 Å². The van der Waals surface area contributed by atoms with E-state index in [0.717, 1.165) is 6.07 Å². The first-order valence-corrected chi connectivity index (χ1v) is 4.49. The molecule has 0 amide bonds. The summed E-state index contributed by atoms with van der Waals surface area (Å²) in [5.74, 6) is -0.288. The van der Waals surface area contributed by atoms with Crippen molar-refractivity contribution >= 4 is 24.4 Å². The Kier molecular flexibility index (Phi) is 3.64. The van der Waals surface area contributed by atoms with Gasteiger partial charge in [-0.2, -0.15) is 17.0 Å². The minimum atomic E-state index is -0.821. The summed E-state index contributed by atoms with van der Waals surface area (Å²) >= 11 is 3.94. The zero-order chi connectivity index (χ0) is 10.6. The van der Waals surface area contributed by atoms with Crippen LogP contribution in [0.15, 0.2) is 24.3 Å². The van der Waals surface area contributed by atoms with Crippen LogP contribution < -0.4 is 0 Å². The molecule has 74 valence electrons. The van der Waals surface area contributed by atoms with Crippen molar-refractivity contribution in [2.45, 2.75) is 0 Å². The third-order valence-corrected chi connectivity index (χ3v) is 1.79. The third kappa shape index (κ3) is 2.56. The van der Waals surface area contributed by atoms with Crippen molar-refractivity contribution in [1.29, 1.82) is 0 Å². The summed E-state index contributed by atoms with van der Waals surface area (Å²) in [6.45, 7) is 0. The van der Waals surface area contributed by atoms with Gasteiger partial charge in [-0.25, -0.2) is 0 Å². The maximum atomic E-state index is 12.9. The highest BCUT2D eigenvalue weighted by Crippen LogP contribution is 2.19. The van der Waals surface area contributed by atoms with Gasteiger partial charge in [-0.1, -0.05) is 18.2 Å². The molecule has 0 heterocycles. The van der Waals surface area contributed by atoms with Gasteiger partial charge in [0.05, 0.1) is 4.92 Å². The first kappa shape index (κ1) is 10.7. The van der Waals surface area contributed by atoms with Crippen molar-refractivity contribution in [1.82, 2.24) is 0 Å². The number of thiol groups is 1. The lowest BCUT2D eigenvalue weighted by molar-refractivity contribution is -0.387. The molecular weight excluding hydrogens is 205 g/mol. The lowest BCUT2D eigenvalue weighted by Gasteiger charge is -1.95. The highest BCUT2D eigenvalue weighted by Gasteiger charge is 2.12. The molecule has 0 bridgehead atoms. The Labute approximate surface area is 85.8 Å². The van der Waals surface area contributed by atoms with Crippen LogP contribution in [0, 0.1) is 15.9 Å². The molecule has 0 spiro atoms. The number of nitrogens with zero attached hydrogens (tertiary/aromatic N) is 1. The van der Waals surface area contributed by atoms with Crippen LogP contribution in [0.4, 0.5) is 10.1 Å². The van der Waals surface area contributed by atoms with E-state index in [1.54, 1.807) is 12.2 Å². The van der Waals surface area contributed by atoms with Gasteiger partial charge >= 0.3 is 5.69 Å². The van der Waals surface area contributed by atoms with Crippen molar-refractivity contribution < 1.29 is 9.31 Å². The second kappa shape index (κ2) is 4.76. The fraction of sp³-hybridized carbons (Fsp3) is 0.111. The molecule has 1 rings (SSSR count). The van der Waals surface area contributed by atoms with Crippen LogP contribution in [0.1, 0.15) is 5.56 Å². The summed E-state index contributed by atoms with van der Waals surface area (Å²) < 4.78 is 12.9. The maximum Gasteiger partial charge on any atom is 0.305 e. The Morgan fingerprint density at radius 2 is 2.29 bits per heavy atom. The zero-order valence-corrected chi connectivity index (χ0v) is 8.08. The van der Waals surface area contributed by atoms with Crippen molar-refractivity contribution in [2.75, 3.05) is 5.75 Å². The first-order valence-electron chi connectivity index (χ1n) is 3.86. The van der Waals surface area contributed by atoms with Gasteiger partial charge in [0.2, 0.25) is 5.82 Å². The number of nitro benzene ring substituents is 1. The average Bonchev–Trinajstić information content (AvgIpc) is 2.16. The van der Waals surface area contributed by atoms with Crippen molar-refractivity contribution in [3.05, 3.63) is 45.8 Å². The Balaban J connectivity index is 3.06. The number of halogens is 1. The van der Waals surface area contributed by atoms with Crippen LogP contribution in [-0.2, 0) is 0 Å².